The summed E-state index contributed by atoms with van der Waals surface area (Å²) in [5, 5.41) is 3.11. The van der Waals surface area contributed by atoms with Crippen LogP contribution in [-0.4, -0.2) is 40.6 Å². The van der Waals surface area contributed by atoms with Crippen LogP contribution in [0.25, 0.3) is 0 Å². The van der Waals surface area contributed by atoms with Gasteiger partial charge >= 0.3 is 5.97 Å². The Balaban J connectivity index is 0.00000441. The number of carbonyl (C=O) groups is 1. The minimum absolute atomic E-state index is 0. The molecule has 1 aromatic carbocycles. The summed E-state index contributed by atoms with van der Waals surface area (Å²) in [5.74, 6) is -0.460. The van der Waals surface area contributed by atoms with Gasteiger partial charge in [-0.15, -0.1) is 12.4 Å². The number of nitrogens with one attached hydrogen (secondary N) is 2. The average Bonchev–Trinajstić information content (AvgIpc) is 2.47. The molecule has 0 bridgehead atoms. The van der Waals surface area contributed by atoms with E-state index in [0.717, 1.165) is 13.0 Å². The van der Waals surface area contributed by atoms with Gasteiger partial charge in [-0.05, 0) is 44.2 Å². The van der Waals surface area contributed by atoms with Crippen molar-refractivity contribution < 1.29 is 17.9 Å². The molecular formula is C14H23ClN2O4S. The van der Waals surface area contributed by atoms with Crippen molar-refractivity contribution >= 4 is 28.4 Å². The molecule has 0 unspecified atom stereocenters. The van der Waals surface area contributed by atoms with Gasteiger partial charge in [-0.2, -0.15) is 0 Å². The van der Waals surface area contributed by atoms with Crippen molar-refractivity contribution in [3.63, 3.8) is 0 Å². The van der Waals surface area contributed by atoms with E-state index in [4.69, 9.17) is 4.74 Å². The molecule has 0 aliphatic heterocycles. The first-order chi connectivity index (χ1) is 10.0. The number of esters is 1. The fraction of sp³-hybridized carbons (Fsp3) is 0.500. The lowest BCUT2D eigenvalue weighted by atomic mass is 10.2. The summed E-state index contributed by atoms with van der Waals surface area (Å²) in [6, 6.07) is 5.69. The smallest absolute Gasteiger partial charge is 0.338 e. The van der Waals surface area contributed by atoms with E-state index in [-0.39, 0.29) is 23.9 Å². The quantitative estimate of drug-likeness (QED) is 0.521. The Hall–Kier alpha value is -1.15. The lowest BCUT2D eigenvalue weighted by Gasteiger charge is -2.08. The van der Waals surface area contributed by atoms with Gasteiger partial charge in [-0.25, -0.2) is 17.9 Å². The fourth-order valence-corrected chi connectivity index (χ4v) is 2.68. The third-order valence-electron chi connectivity index (χ3n) is 2.70. The zero-order valence-electron chi connectivity index (χ0n) is 12.8. The number of rotatable bonds is 9. The zero-order valence-corrected chi connectivity index (χ0v) is 14.4. The molecule has 0 heterocycles. The molecule has 8 heteroatoms. The Morgan fingerprint density at radius 3 is 2.27 bits per heavy atom. The van der Waals surface area contributed by atoms with Gasteiger partial charge < -0.3 is 10.1 Å². The fourth-order valence-electron chi connectivity index (χ4n) is 1.64. The standard InChI is InChI=1S/C14H22N2O4S.ClH/c1-3-9-15-10-11-16-21(18,19)13-7-5-12(6-8-13)14(17)20-4-2;/h5-8,15-16H,3-4,9-11H2,1-2H3;1H. The Bertz CT molecular complexity index is 546. The van der Waals surface area contributed by atoms with Gasteiger partial charge in [0.15, 0.2) is 0 Å². The van der Waals surface area contributed by atoms with Crippen LogP contribution in [0.3, 0.4) is 0 Å². The summed E-state index contributed by atoms with van der Waals surface area (Å²) >= 11 is 0. The molecule has 0 aromatic heterocycles. The van der Waals surface area contributed by atoms with E-state index in [0.29, 0.717) is 18.7 Å². The van der Waals surface area contributed by atoms with Crippen molar-refractivity contribution in [2.24, 2.45) is 0 Å². The topological polar surface area (TPSA) is 84.5 Å². The van der Waals surface area contributed by atoms with Crippen LogP contribution in [-0.2, 0) is 14.8 Å². The van der Waals surface area contributed by atoms with Crippen LogP contribution >= 0.6 is 12.4 Å². The summed E-state index contributed by atoms with van der Waals surface area (Å²) in [5.41, 5.74) is 0.334. The van der Waals surface area contributed by atoms with E-state index < -0.39 is 16.0 Å². The van der Waals surface area contributed by atoms with Crippen LogP contribution in [0, 0.1) is 0 Å². The van der Waals surface area contributed by atoms with Crippen molar-refractivity contribution in [1.29, 1.82) is 0 Å². The van der Waals surface area contributed by atoms with Crippen LogP contribution in [0.2, 0.25) is 0 Å². The van der Waals surface area contributed by atoms with Crippen molar-refractivity contribution in [1.82, 2.24) is 10.0 Å². The second-order valence-corrected chi connectivity index (χ2v) is 6.16. The Morgan fingerprint density at radius 2 is 1.73 bits per heavy atom. The highest BCUT2D eigenvalue weighted by Gasteiger charge is 2.14. The molecule has 1 rings (SSSR count). The molecule has 0 saturated heterocycles. The molecule has 0 spiro atoms. The van der Waals surface area contributed by atoms with E-state index >= 15 is 0 Å². The van der Waals surface area contributed by atoms with E-state index in [9.17, 15) is 13.2 Å². The highest BCUT2D eigenvalue weighted by Crippen LogP contribution is 2.11. The SMILES string of the molecule is CCCNCCNS(=O)(=O)c1ccc(C(=O)OCC)cc1.Cl. The van der Waals surface area contributed by atoms with Gasteiger partial charge in [0.2, 0.25) is 10.0 Å². The monoisotopic (exact) mass is 350 g/mol. The minimum atomic E-state index is -3.54. The average molecular weight is 351 g/mol. The summed E-state index contributed by atoms with van der Waals surface area (Å²) in [6.07, 6.45) is 1.00. The molecule has 1 aromatic rings. The first kappa shape index (κ1) is 20.9. The lowest BCUT2D eigenvalue weighted by Crippen LogP contribution is -2.32. The zero-order chi connectivity index (χ0) is 15.7. The third-order valence-corrected chi connectivity index (χ3v) is 4.17. The number of sulfonamides is 1. The molecule has 0 fully saturated rings. The second-order valence-electron chi connectivity index (χ2n) is 4.39. The highest BCUT2D eigenvalue weighted by atomic mass is 35.5. The van der Waals surface area contributed by atoms with Crippen molar-refractivity contribution in [3.8, 4) is 0 Å². The van der Waals surface area contributed by atoms with Crippen molar-refractivity contribution in [3.05, 3.63) is 29.8 Å². The maximum atomic E-state index is 12.0. The normalized spacial score (nSPS) is 10.8. The largest absolute Gasteiger partial charge is 0.462 e. The summed E-state index contributed by atoms with van der Waals surface area (Å²) < 4.78 is 31.4. The predicted molar refractivity (Wildman–Crippen MR) is 88.0 cm³/mol. The molecule has 2 N–H and O–H groups in total. The van der Waals surface area contributed by atoms with Crippen molar-refractivity contribution in [2.45, 2.75) is 25.2 Å². The number of hydrogen-bond donors (Lipinski definition) is 2. The van der Waals surface area contributed by atoms with Crippen LogP contribution in [0.1, 0.15) is 30.6 Å². The Kier molecular flexibility index (Phi) is 10.0. The number of carbonyl (C=O) groups excluding carboxylic acids is 1. The van der Waals surface area contributed by atoms with Gasteiger partial charge in [0, 0.05) is 13.1 Å². The van der Waals surface area contributed by atoms with Crippen LogP contribution in [0.4, 0.5) is 0 Å². The van der Waals surface area contributed by atoms with Gasteiger partial charge in [0.05, 0.1) is 17.1 Å². The first-order valence-electron chi connectivity index (χ1n) is 6.98. The summed E-state index contributed by atoms with van der Waals surface area (Å²) in [6.45, 7) is 5.80. The third kappa shape index (κ3) is 6.74. The van der Waals surface area contributed by atoms with Gasteiger partial charge in [0.25, 0.3) is 0 Å². The van der Waals surface area contributed by atoms with Gasteiger partial charge in [0.1, 0.15) is 0 Å². The van der Waals surface area contributed by atoms with Crippen LogP contribution < -0.4 is 10.0 Å². The van der Waals surface area contributed by atoms with E-state index in [2.05, 4.69) is 10.0 Å². The maximum Gasteiger partial charge on any atom is 0.338 e. The van der Waals surface area contributed by atoms with E-state index in [1.807, 2.05) is 6.92 Å². The molecule has 0 amide bonds. The molecule has 0 aliphatic rings. The number of halogens is 1. The highest BCUT2D eigenvalue weighted by molar-refractivity contribution is 7.89. The molecule has 0 aliphatic carbocycles. The Morgan fingerprint density at radius 1 is 1.09 bits per heavy atom. The predicted octanol–water partition coefficient (Wildman–Crippen LogP) is 1.56. The number of ether oxygens (including phenoxy) is 1. The van der Waals surface area contributed by atoms with Gasteiger partial charge in [-0.1, -0.05) is 6.92 Å². The molecule has 0 atom stereocenters. The van der Waals surface area contributed by atoms with E-state index in [1.165, 1.54) is 24.3 Å². The van der Waals surface area contributed by atoms with Crippen LogP contribution in [0.15, 0.2) is 29.2 Å². The lowest BCUT2D eigenvalue weighted by molar-refractivity contribution is 0.0526. The number of benzene rings is 1. The molecule has 22 heavy (non-hydrogen) atoms. The van der Waals surface area contributed by atoms with Crippen molar-refractivity contribution in [2.75, 3.05) is 26.2 Å². The molecule has 0 saturated carbocycles. The maximum absolute atomic E-state index is 12.0. The molecular weight excluding hydrogens is 328 g/mol. The van der Waals surface area contributed by atoms with Gasteiger partial charge in [-0.3, -0.25) is 0 Å². The van der Waals surface area contributed by atoms with E-state index in [1.54, 1.807) is 6.92 Å². The van der Waals surface area contributed by atoms with Crippen LogP contribution in [0.5, 0.6) is 0 Å². The summed E-state index contributed by atoms with van der Waals surface area (Å²) in [4.78, 5) is 11.6. The Labute approximate surface area is 138 Å². The second kappa shape index (κ2) is 10.6. The molecule has 0 radical (unpaired) electrons. The first-order valence-corrected chi connectivity index (χ1v) is 8.47. The molecule has 6 nitrogen and oxygen atoms in total. The number of hydrogen-bond acceptors (Lipinski definition) is 5. The molecule has 126 valence electrons. The summed E-state index contributed by atoms with van der Waals surface area (Å²) in [7, 11) is -3.54. The minimum Gasteiger partial charge on any atom is -0.462 e.